The van der Waals surface area contributed by atoms with E-state index >= 15 is 0 Å². The molecule has 0 N–H and O–H groups in total. The zero-order chi connectivity index (χ0) is 23.2. The molecule has 1 aromatic carbocycles. The minimum atomic E-state index is -0.270. The van der Waals surface area contributed by atoms with Crippen LogP contribution in [0.2, 0.25) is 0 Å². The summed E-state index contributed by atoms with van der Waals surface area (Å²) in [4.78, 5) is 10.7. The summed E-state index contributed by atoms with van der Waals surface area (Å²) in [5, 5.41) is 14.5. The molecule has 5 rings (SSSR count). The molecule has 1 aromatic heterocycles. The monoisotopic (exact) mass is 460 g/mol. The van der Waals surface area contributed by atoms with E-state index in [0.29, 0.717) is 11.7 Å². The number of methoxy groups -OCH3 is 1. The molecule has 0 amide bonds. The first-order chi connectivity index (χ1) is 15.8. The summed E-state index contributed by atoms with van der Waals surface area (Å²) in [5.41, 5.74) is 6.00. The Morgan fingerprint density at radius 1 is 1.21 bits per heavy atom. The second-order valence-corrected chi connectivity index (χ2v) is 11.2. The van der Waals surface area contributed by atoms with E-state index in [4.69, 9.17) is 9.72 Å². The number of aromatic nitrogens is 2. The fourth-order valence-electron chi connectivity index (χ4n) is 4.73. The molecule has 172 valence electrons. The molecule has 2 atom stereocenters. The summed E-state index contributed by atoms with van der Waals surface area (Å²) in [6.07, 6.45) is 11.6. The standard InChI is InChI=1S/C27H30N3O2S/c1-27(2,3)19-9-11-20(12-10-19)30(31)26-28-16-18-8-13-23-22(25(18)29-26)15-24(33-23)17-6-5-7-21(14-17)32-4/h5-7,9-11,14,16,20,24H,8,12-13,15H2,1-4H3/q-1. The van der Waals surface area contributed by atoms with Crippen molar-refractivity contribution in [2.45, 2.75) is 57.7 Å². The minimum Gasteiger partial charge on any atom is -0.756 e. The van der Waals surface area contributed by atoms with Crippen LogP contribution in [0.5, 0.6) is 5.75 Å². The molecule has 0 radical (unpaired) electrons. The van der Waals surface area contributed by atoms with Crippen molar-refractivity contribution in [3.63, 3.8) is 0 Å². The van der Waals surface area contributed by atoms with Crippen molar-refractivity contribution in [2.75, 3.05) is 12.2 Å². The van der Waals surface area contributed by atoms with E-state index in [1.54, 1.807) is 7.11 Å². The molecule has 2 aromatic rings. The van der Waals surface area contributed by atoms with Gasteiger partial charge >= 0.3 is 0 Å². The lowest BCUT2D eigenvalue weighted by Crippen LogP contribution is -2.31. The van der Waals surface area contributed by atoms with Crippen LogP contribution in [0, 0.1) is 10.6 Å². The van der Waals surface area contributed by atoms with E-state index in [9.17, 15) is 5.21 Å². The van der Waals surface area contributed by atoms with Crippen LogP contribution in [0.4, 0.5) is 5.95 Å². The van der Waals surface area contributed by atoms with Crippen molar-refractivity contribution < 1.29 is 4.74 Å². The summed E-state index contributed by atoms with van der Waals surface area (Å²) in [7, 11) is 1.70. The van der Waals surface area contributed by atoms with Gasteiger partial charge in [-0.25, -0.2) is 9.97 Å². The summed E-state index contributed by atoms with van der Waals surface area (Å²) >= 11 is 1.93. The fourth-order valence-corrected chi connectivity index (χ4v) is 6.15. The lowest BCUT2D eigenvalue weighted by Gasteiger charge is -2.37. The van der Waals surface area contributed by atoms with Gasteiger partial charge in [0.05, 0.1) is 12.8 Å². The summed E-state index contributed by atoms with van der Waals surface area (Å²) < 4.78 is 5.42. The molecule has 3 aliphatic rings. The summed E-state index contributed by atoms with van der Waals surface area (Å²) in [5.74, 6) is 1.15. The average Bonchev–Trinajstić information content (AvgIpc) is 3.28. The highest BCUT2D eigenvalue weighted by atomic mass is 32.2. The molecule has 5 nitrogen and oxygen atoms in total. The van der Waals surface area contributed by atoms with Crippen LogP contribution < -0.4 is 9.80 Å². The lowest BCUT2D eigenvalue weighted by molar-refractivity contribution is 0.414. The van der Waals surface area contributed by atoms with Gasteiger partial charge in [-0.2, -0.15) is 0 Å². The Morgan fingerprint density at radius 2 is 2.06 bits per heavy atom. The van der Waals surface area contributed by atoms with Crippen molar-refractivity contribution >= 4 is 23.3 Å². The maximum Gasteiger partial charge on any atom is 0.215 e. The van der Waals surface area contributed by atoms with Crippen molar-refractivity contribution in [2.24, 2.45) is 5.41 Å². The van der Waals surface area contributed by atoms with Gasteiger partial charge in [0, 0.05) is 17.5 Å². The van der Waals surface area contributed by atoms with Gasteiger partial charge in [-0.05, 0) is 70.4 Å². The minimum absolute atomic E-state index is 0.0832. The number of ether oxygens (including phenoxy) is 1. The molecular weight excluding hydrogens is 430 g/mol. The highest BCUT2D eigenvalue weighted by Gasteiger charge is 2.32. The zero-order valence-electron chi connectivity index (χ0n) is 19.7. The Balaban J connectivity index is 1.37. The summed E-state index contributed by atoms with van der Waals surface area (Å²) in [6.45, 7) is 6.57. The third kappa shape index (κ3) is 4.34. The molecule has 2 unspecified atom stereocenters. The Kier molecular flexibility index (Phi) is 5.83. The number of hydrogen-bond donors (Lipinski definition) is 0. The SMILES string of the molecule is COc1cccc(C2CC3=C(CCc4cnc(N([O-])C5C=CC(C(C)(C)C)=CC5)nc43)S2)c1. The van der Waals surface area contributed by atoms with Gasteiger partial charge in [0.2, 0.25) is 5.95 Å². The number of hydroxylamine groups is 1. The first-order valence-corrected chi connectivity index (χ1v) is 12.5. The topological polar surface area (TPSA) is 61.3 Å². The van der Waals surface area contributed by atoms with Gasteiger partial charge < -0.3 is 15.0 Å². The number of nitrogens with zero attached hydrogens (tertiary/aromatic N) is 3. The molecule has 0 spiro atoms. The van der Waals surface area contributed by atoms with E-state index in [-0.39, 0.29) is 17.4 Å². The molecule has 0 saturated carbocycles. The van der Waals surface area contributed by atoms with Crippen LogP contribution in [0.15, 0.2) is 59.2 Å². The third-order valence-electron chi connectivity index (χ3n) is 6.68. The largest absolute Gasteiger partial charge is 0.756 e. The maximum absolute atomic E-state index is 13.2. The quantitative estimate of drug-likeness (QED) is 0.478. The highest BCUT2D eigenvalue weighted by Crippen LogP contribution is 2.54. The van der Waals surface area contributed by atoms with Gasteiger partial charge in [0.25, 0.3) is 0 Å². The Morgan fingerprint density at radius 3 is 2.79 bits per heavy atom. The third-order valence-corrected chi connectivity index (χ3v) is 8.14. The number of allylic oxidation sites excluding steroid dienone is 4. The van der Waals surface area contributed by atoms with Crippen LogP contribution in [0.3, 0.4) is 0 Å². The van der Waals surface area contributed by atoms with Crippen LogP contribution in [-0.4, -0.2) is 23.1 Å². The maximum atomic E-state index is 13.2. The first kappa shape index (κ1) is 22.2. The molecule has 6 heteroatoms. The van der Waals surface area contributed by atoms with Crippen molar-refractivity contribution in [1.29, 1.82) is 0 Å². The van der Waals surface area contributed by atoms with Gasteiger partial charge in [-0.15, -0.1) is 11.8 Å². The molecule has 0 saturated heterocycles. The molecule has 0 bridgehead atoms. The molecule has 0 fully saturated rings. The van der Waals surface area contributed by atoms with E-state index < -0.39 is 0 Å². The normalized spacial score (nSPS) is 22.0. The van der Waals surface area contributed by atoms with E-state index in [2.05, 4.69) is 50.0 Å². The number of anilines is 1. The predicted molar refractivity (Wildman–Crippen MR) is 136 cm³/mol. The predicted octanol–water partition coefficient (Wildman–Crippen LogP) is 6.63. The van der Waals surface area contributed by atoms with E-state index in [0.717, 1.165) is 41.3 Å². The second-order valence-electron chi connectivity index (χ2n) is 9.93. The van der Waals surface area contributed by atoms with Crippen LogP contribution in [-0.2, 0) is 6.42 Å². The van der Waals surface area contributed by atoms with Crippen LogP contribution in [0.25, 0.3) is 5.57 Å². The molecular formula is C27H30N3O2S-. The summed E-state index contributed by atoms with van der Waals surface area (Å²) in [6, 6.07) is 8.05. The first-order valence-electron chi connectivity index (χ1n) is 11.6. The van der Waals surface area contributed by atoms with Crippen molar-refractivity contribution in [1.82, 2.24) is 9.97 Å². The Hall–Kier alpha value is -2.57. The van der Waals surface area contributed by atoms with E-state index in [1.165, 1.54) is 21.6 Å². The number of fused-ring (bicyclic) bond motifs is 2. The van der Waals surface area contributed by atoms with Crippen LogP contribution in [0.1, 0.15) is 62.1 Å². The highest BCUT2D eigenvalue weighted by molar-refractivity contribution is 8.03. The zero-order valence-corrected chi connectivity index (χ0v) is 20.5. The van der Waals surface area contributed by atoms with Gasteiger partial charge in [0.15, 0.2) is 0 Å². The van der Waals surface area contributed by atoms with Crippen molar-refractivity contribution in [3.05, 3.63) is 81.2 Å². The number of rotatable bonds is 4. The number of hydrogen-bond acceptors (Lipinski definition) is 6. The number of benzene rings is 1. The van der Waals surface area contributed by atoms with Gasteiger partial charge in [-0.3, -0.25) is 0 Å². The molecule has 33 heavy (non-hydrogen) atoms. The van der Waals surface area contributed by atoms with E-state index in [1.807, 2.05) is 36.2 Å². The number of aryl methyl sites for hydroxylation is 1. The van der Waals surface area contributed by atoms with Gasteiger partial charge in [0.1, 0.15) is 5.75 Å². The second kappa shape index (κ2) is 8.65. The Bertz CT molecular complexity index is 1160. The molecule has 1 aliphatic heterocycles. The molecule has 2 heterocycles. The van der Waals surface area contributed by atoms with Crippen molar-refractivity contribution in [3.8, 4) is 5.75 Å². The average molecular weight is 461 g/mol. The fraction of sp³-hybridized carbons (Fsp3) is 0.407. The Labute approximate surface area is 200 Å². The smallest absolute Gasteiger partial charge is 0.215 e. The van der Waals surface area contributed by atoms with Gasteiger partial charge in [-0.1, -0.05) is 51.1 Å². The van der Waals surface area contributed by atoms with Crippen LogP contribution >= 0.6 is 11.8 Å². The molecule has 2 aliphatic carbocycles. The lowest BCUT2D eigenvalue weighted by atomic mass is 9.83. The number of thioether (sulfide) groups is 1.